The number of halogens is 1. The zero-order chi connectivity index (χ0) is 21.6. The average molecular weight is 423 g/mol. The summed E-state index contributed by atoms with van der Waals surface area (Å²) in [7, 11) is 2.13. The van der Waals surface area contributed by atoms with Gasteiger partial charge in [0.1, 0.15) is 5.82 Å². The second kappa shape index (κ2) is 9.70. The summed E-state index contributed by atoms with van der Waals surface area (Å²) in [5.41, 5.74) is 2.95. The first-order valence-electron chi connectivity index (χ1n) is 10.4. The van der Waals surface area contributed by atoms with Crippen molar-refractivity contribution in [2.75, 3.05) is 38.1 Å². The van der Waals surface area contributed by atoms with Crippen molar-refractivity contribution >= 4 is 11.6 Å². The highest BCUT2D eigenvalue weighted by Gasteiger charge is 2.17. The van der Waals surface area contributed by atoms with E-state index in [0.29, 0.717) is 30.2 Å². The highest BCUT2D eigenvalue weighted by atomic mass is 19.1. The van der Waals surface area contributed by atoms with Crippen LogP contribution in [0.1, 0.15) is 17.9 Å². The molecule has 3 aromatic rings. The Morgan fingerprint density at radius 1 is 1.10 bits per heavy atom. The first-order chi connectivity index (χ1) is 15.1. The molecule has 1 amide bonds. The van der Waals surface area contributed by atoms with E-state index in [1.54, 1.807) is 12.1 Å². The molecule has 1 N–H and O–H groups in total. The molecule has 8 heteroatoms. The van der Waals surface area contributed by atoms with Crippen molar-refractivity contribution in [3.8, 4) is 11.4 Å². The lowest BCUT2D eigenvalue weighted by molar-refractivity contribution is -0.121. The molecular formula is C23H26FN5O2. The summed E-state index contributed by atoms with van der Waals surface area (Å²) in [4.78, 5) is 21.4. The van der Waals surface area contributed by atoms with Crippen molar-refractivity contribution in [1.29, 1.82) is 0 Å². The molecule has 1 aliphatic rings. The molecule has 0 bridgehead atoms. The number of nitrogens with one attached hydrogen (secondary N) is 1. The maximum absolute atomic E-state index is 13.0. The Hall–Kier alpha value is -3.26. The van der Waals surface area contributed by atoms with Gasteiger partial charge in [-0.15, -0.1) is 0 Å². The van der Waals surface area contributed by atoms with Crippen molar-refractivity contribution in [3.63, 3.8) is 0 Å². The number of carbonyl (C=O) groups is 1. The van der Waals surface area contributed by atoms with E-state index in [2.05, 4.69) is 44.4 Å². The fourth-order valence-electron chi connectivity index (χ4n) is 3.59. The van der Waals surface area contributed by atoms with Gasteiger partial charge in [0.05, 0.1) is 0 Å². The van der Waals surface area contributed by atoms with E-state index in [1.807, 2.05) is 12.1 Å². The zero-order valence-corrected chi connectivity index (χ0v) is 17.6. The lowest BCUT2D eigenvalue weighted by atomic mass is 10.1. The number of carbonyl (C=O) groups excluding carboxylic acids is 1. The van der Waals surface area contributed by atoms with Crippen LogP contribution in [0.2, 0.25) is 0 Å². The predicted octanol–water partition coefficient (Wildman–Crippen LogP) is 2.88. The second-order valence-corrected chi connectivity index (χ2v) is 7.71. The Bertz CT molecular complexity index is 1010. The molecule has 0 spiro atoms. The number of piperazine rings is 1. The van der Waals surface area contributed by atoms with Gasteiger partial charge in [-0.3, -0.25) is 4.79 Å². The quantitative estimate of drug-likeness (QED) is 0.630. The highest BCUT2D eigenvalue weighted by molar-refractivity contribution is 5.76. The maximum Gasteiger partial charge on any atom is 0.227 e. The standard InChI is InChI=1S/C23H26FN5O2/c1-28-12-14-29(15-13-28)20-5-3-2-4-18(20)16-25-21(30)10-11-22-26-23(27-31-22)17-6-8-19(24)9-7-17/h2-9H,10-16H2,1H3,(H,25,30). The van der Waals surface area contributed by atoms with Crippen LogP contribution in [0, 0.1) is 5.82 Å². The van der Waals surface area contributed by atoms with Crippen LogP contribution in [-0.4, -0.2) is 54.2 Å². The summed E-state index contributed by atoms with van der Waals surface area (Å²) >= 11 is 0. The van der Waals surface area contributed by atoms with Gasteiger partial charge in [-0.05, 0) is 42.9 Å². The van der Waals surface area contributed by atoms with Crippen molar-refractivity contribution in [2.45, 2.75) is 19.4 Å². The van der Waals surface area contributed by atoms with Crippen molar-refractivity contribution < 1.29 is 13.7 Å². The summed E-state index contributed by atoms with van der Waals surface area (Å²) in [6.07, 6.45) is 0.599. The number of aryl methyl sites for hydroxylation is 1. The average Bonchev–Trinajstić information content (AvgIpc) is 3.27. The normalized spacial score (nSPS) is 14.6. The molecule has 0 unspecified atom stereocenters. The van der Waals surface area contributed by atoms with E-state index < -0.39 is 0 Å². The van der Waals surface area contributed by atoms with Crippen LogP contribution in [0.25, 0.3) is 11.4 Å². The molecule has 4 rings (SSSR count). The van der Waals surface area contributed by atoms with Crippen LogP contribution in [-0.2, 0) is 17.8 Å². The Balaban J connectivity index is 1.29. The summed E-state index contributed by atoms with van der Waals surface area (Å²) in [5, 5.41) is 6.90. The van der Waals surface area contributed by atoms with Crippen molar-refractivity contribution in [1.82, 2.24) is 20.4 Å². The van der Waals surface area contributed by atoms with Gasteiger partial charge in [-0.2, -0.15) is 4.98 Å². The molecule has 2 aromatic carbocycles. The highest BCUT2D eigenvalue weighted by Crippen LogP contribution is 2.22. The summed E-state index contributed by atoms with van der Waals surface area (Å²) in [6.45, 7) is 4.51. The Morgan fingerprint density at radius 2 is 1.84 bits per heavy atom. The number of aromatic nitrogens is 2. The molecule has 0 saturated carbocycles. The summed E-state index contributed by atoms with van der Waals surface area (Å²) < 4.78 is 18.3. The number of hydrogen-bond donors (Lipinski definition) is 1. The molecule has 162 valence electrons. The van der Waals surface area contributed by atoms with E-state index in [4.69, 9.17) is 4.52 Å². The van der Waals surface area contributed by atoms with Crippen LogP contribution in [0.15, 0.2) is 53.1 Å². The molecule has 7 nitrogen and oxygen atoms in total. The predicted molar refractivity (Wildman–Crippen MR) is 116 cm³/mol. The van der Waals surface area contributed by atoms with Crippen LogP contribution >= 0.6 is 0 Å². The van der Waals surface area contributed by atoms with Gasteiger partial charge in [0.25, 0.3) is 0 Å². The topological polar surface area (TPSA) is 74.5 Å². The van der Waals surface area contributed by atoms with Crippen LogP contribution < -0.4 is 10.2 Å². The smallest absolute Gasteiger partial charge is 0.227 e. The van der Waals surface area contributed by atoms with Gasteiger partial charge in [0, 0.05) is 56.8 Å². The molecule has 0 radical (unpaired) electrons. The van der Waals surface area contributed by atoms with E-state index in [-0.39, 0.29) is 18.1 Å². The third kappa shape index (κ3) is 5.46. The molecule has 0 atom stereocenters. The van der Waals surface area contributed by atoms with Crippen LogP contribution in [0.4, 0.5) is 10.1 Å². The first-order valence-corrected chi connectivity index (χ1v) is 10.4. The zero-order valence-electron chi connectivity index (χ0n) is 17.6. The number of benzene rings is 2. The third-order valence-electron chi connectivity index (χ3n) is 5.45. The number of anilines is 1. The molecule has 1 saturated heterocycles. The number of amides is 1. The molecular weight excluding hydrogens is 397 g/mol. The SMILES string of the molecule is CN1CCN(c2ccccc2CNC(=O)CCc2nc(-c3ccc(F)cc3)no2)CC1. The van der Waals surface area contributed by atoms with E-state index in [9.17, 15) is 9.18 Å². The fourth-order valence-corrected chi connectivity index (χ4v) is 3.59. The monoisotopic (exact) mass is 423 g/mol. The number of nitrogens with zero attached hydrogens (tertiary/aromatic N) is 4. The molecule has 1 fully saturated rings. The van der Waals surface area contributed by atoms with Crippen LogP contribution in [0.3, 0.4) is 0 Å². The van der Waals surface area contributed by atoms with Gasteiger partial charge in [-0.1, -0.05) is 23.4 Å². The Labute approximate surface area is 180 Å². The maximum atomic E-state index is 13.0. The van der Waals surface area contributed by atoms with Crippen molar-refractivity contribution in [3.05, 3.63) is 65.8 Å². The number of rotatable bonds is 7. The number of para-hydroxylation sites is 1. The fraction of sp³-hybridized carbons (Fsp3) is 0.348. The lowest BCUT2D eigenvalue weighted by Crippen LogP contribution is -2.45. The van der Waals surface area contributed by atoms with Gasteiger partial charge < -0.3 is 19.6 Å². The molecule has 1 aliphatic heterocycles. The largest absolute Gasteiger partial charge is 0.369 e. The first kappa shape index (κ1) is 21.0. The third-order valence-corrected chi connectivity index (χ3v) is 5.45. The molecule has 0 aliphatic carbocycles. The Kier molecular flexibility index (Phi) is 6.57. The molecule has 2 heterocycles. The summed E-state index contributed by atoms with van der Waals surface area (Å²) in [6, 6.07) is 14.1. The van der Waals surface area contributed by atoms with E-state index in [0.717, 1.165) is 31.7 Å². The number of likely N-dealkylation sites (N-methyl/N-ethyl adjacent to an activating group) is 1. The van der Waals surface area contributed by atoms with Crippen LogP contribution in [0.5, 0.6) is 0 Å². The van der Waals surface area contributed by atoms with Gasteiger partial charge in [0.2, 0.25) is 17.6 Å². The van der Waals surface area contributed by atoms with Gasteiger partial charge in [0.15, 0.2) is 0 Å². The van der Waals surface area contributed by atoms with Gasteiger partial charge >= 0.3 is 0 Å². The molecule has 1 aromatic heterocycles. The minimum absolute atomic E-state index is 0.0743. The van der Waals surface area contributed by atoms with E-state index >= 15 is 0 Å². The lowest BCUT2D eigenvalue weighted by Gasteiger charge is -2.35. The second-order valence-electron chi connectivity index (χ2n) is 7.71. The Morgan fingerprint density at radius 3 is 2.61 bits per heavy atom. The van der Waals surface area contributed by atoms with Crippen molar-refractivity contribution in [2.24, 2.45) is 0 Å². The molecule has 31 heavy (non-hydrogen) atoms. The number of hydrogen-bond acceptors (Lipinski definition) is 6. The minimum Gasteiger partial charge on any atom is -0.369 e. The minimum atomic E-state index is -0.321. The summed E-state index contributed by atoms with van der Waals surface area (Å²) in [5.74, 6) is 0.372. The van der Waals surface area contributed by atoms with Gasteiger partial charge in [-0.25, -0.2) is 4.39 Å². The van der Waals surface area contributed by atoms with E-state index in [1.165, 1.54) is 17.8 Å².